The van der Waals surface area contributed by atoms with Crippen LogP contribution in [0.25, 0.3) is 16.6 Å². The van der Waals surface area contributed by atoms with E-state index in [2.05, 4.69) is 5.32 Å². The van der Waals surface area contributed by atoms with Crippen molar-refractivity contribution in [3.63, 3.8) is 0 Å². The Morgan fingerprint density at radius 2 is 1.92 bits per heavy atom. The van der Waals surface area contributed by atoms with Gasteiger partial charge in [-0.3, -0.25) is 9.59 Å². The standard InChI is InChI=1S/C20H19FN2O3/c1-13(12-26-2)22-20(25)19(24)18-17(14-6-8-15(21)9-7-14)11-16-5-3-4-10-23(16)18/h3-11,13H,12H2,1-2H3,(H,22,25)/t13-/m0/s1. The minimum atomic E-state index is -0.707. The number of carbonyl (C=O) groups is 2. The second kappa shape index (κ2) is 7.49. The number of rotatable bonds is 6. The van der Waals surface area contributed by atoms with Crippen molar-refractivity contribution in [1.82, 2.24) is 9.72 Å². The molecule has 0 bridgehead atoms. The van der Waals surface area contributed by atoms with Gasteiger partial charge in [0, 0.05) is 30.4 Å². The molecule has 6 heteroatoms. The lowest BCUT2D eigenvalue weighted by Gasteiger charge is -2.12. The van der Waals surface area contributed by atoms with E-state index in [-0.39, 0.29) is 17.6 Å². The molecular weight excluding hydrogens is 335 g/mol. The van der Waals surface area contributed by atoms with Crippen molar-refractivity contribution in [2.75, 3.05) is 13.7 Å². The average molecular weight is 354 g/mol. The molecule has 1 aromatic carbocycles. The van der Waals surface area contributed by atoms with Crippen molar-refractivity contribution >= 4 is 17.2 Å². The Morgan fingerprint density at radius 3 is 2.62 bits per heavy atom. The van der Waals surface area contributed by atoms with Crippen LogP contribution >= 0.6 is 0 Å². The van der Waals surface area contributed by atoms with Crippen molar-refractivity contribution < 1.29 is 18.7 Å². The molecule has 0 radical (unpaired) electrons. The topological polar surface area (TPSA) is 59.8 Å². The molecular formula is C20H19FN2O3. The zero-order valence-corrected chi connectivity index (χ0v) is 14.5. The number of fused-ring (bicyclic) bond motifs is 1. The minimum Gasteiger partial charge on any atom is -0.383 e. The van der Waals surface area contributed by atoms with Crippen molar-refractivity contribution in [2.24, 2.45) is 0 Å². The van der Waals surface area contributed by atoms with Gasteiger partial charge in [-0.05, 0) is 42.8 Å². The summed E-state index contributed by atoms with van der Waals surface area (Å²) in [5, 5.41) is 2.63. The number of Topliss-reactive ketones (excluding diaryl/α,β-unsaturated/α-hetero) is 1. The third-order valence-corrected chi connectivity index (χ3v) is 4.05. The van der Waals surface area contributed by atoms with Crippen LogP contribution in [0.1, 0.15) is 17.4 Å². The Morgan fingerprint density at radius 1 is 1.19 bits per heavy atom. The maximum absolute atomic E-state index is 13.3. The van der Waals surface area contributed by atoms with Gasteiger partial charge < -0.3 is 14.5 Å². The van der Waals surface area contributed by atoms with Gasteiger partial charge >= 0.3 is 0 Å². The Kier molecular flexibility index (Phi) is 5.14. The predicted molar refractivity (Wildman–Crippen MR) is 96.6 cm³/mol. The molecule has 5 nitrogen and oxygen atoms in total. The van der Waals surface area contributed by atoms with E-state index in [4.69, 9.17) is 4.74 Å². The summed E-state index contributed by atoms with van der Waals surface area (Å²) in [6.45, 7) is 2.06. The van der Waals surface area contributed by atoms with E-state index in [0.717, 1.165) is 5.52 Å². The van der Waals surface area contributed by atoms with Crippen LogP contribution in [0.15, 0.2) is 54.7 Å². The average Bonchev–Trinajstić information content (AvgIpc) is 3.01. The van der Waals surface area contributed by atoms with Crippen LogP contribution in [-0.4, -0.2) is 35.8 Å². The molecule has 0 fully saturated rings. The third kappa shape index (κ3) is 3.50. The molecule has 1 N–H and O–H groups in total. The number of aromatic nitrogens is 1. The number of ketones is 1. The highest BCUT2D eigenvalue weighted by Crippen LogP contribution is 2.28. The fourth-order valence-corrected chi connectivity index (χ4v) is 2.89. The molecule has 3 rings (SSSR count). The van der Waals surface area contributed by atoms with Crippen LogP contribution in [0.5, 0.6) is 0 Å². The van der Waals surface area contributed by atoms with Crippen LogP contribution in [-0.2, 0) is 9.53 Å². The summed E-state index contributed by atoms with van der Waals surface area (Å²) in [7, 11) is 1.53. The first kappa shape index (κ1) is 17.8. The fourth-order valence-electron chi connectivity index (χ4n) is 2.89. The summed E-state index contributed by atoms with van der Waals surface area (Å²) in [5.74, 6) is -1.73. The molecule has 26 heavy (non-hydrogen) atoms. The maximum Gasteiger partial charge on any atom is 0.294 e. The first-order valence-corrected chi connectivity index (χ1v) is 8.21. The predicted octanol–water partition coefficient (Wildman–Crippen LogP) is 3.08. The summed E-state index contributed by atoms with van der Waals surface area (Å²) >= 11 is 0. The summed E-state index contributed by atoms with van der Waals surface area (Å²) in [4.78, 5) is 25.3. The van der Waals surface area contributed by atoms with E-state index in [1.54, 1.807) is 35.7 Å². The minimum absolute atomic E-state index is 0.245. The number of hydrogen-bond donors (Lipinski definition) is 1. The molecule has 3 aromatic rings. The van der Waals surface area contributed by atoms with Gasteiger partial charge in [0.05, 0.1) is 6.61 Å². The fraction of sp³-hybridized carbons (Fsp3) is 0.200. The highest BCUT2D eigenvalue weighted by atomic mass is 19.1. The molecule has 0 unspecified atom stereocenters. The van der Waals surface area contributed by atoms with Gasteiger partial charge in [-0.2, -0.15) is 0 Å². The molecule has 1 atom stereocenters. The van der Waals surface area contributed by atoms with E-state index in [9.17, 15) is 14.0 Å². The van der Waals surface area contributed by atoms with Crippen LogP contribution in [0.3, 0.4) is 0 Å². The number of carbonyl (C=O) groups excluding carboxylic acids is 2. The third-order valence-electron chi connectivity index (χ3n) is 4.05. The number of pyridine rings is 1. The zero-order chi connectivity index (χ0) is 18.7. The first-order chi connectivity index (χ1) is 12.5. The zero-order valence-electron chi connectivity index (χ0n) is 14.5. The number of hydrogen-bond acceptors (Lipinski definition) is 3. The summed E-state index contributed by atoms with van der Waals surface area (Å²) in [6, 6.07) is 12.8. The number of nitrogens with zero attached hydrogens (tertiary/aromatic N) is 1. The number of nitrogens with one attached hydrogen (secondary N) is 1. The lowest BCUT2D eigenvalue weighted by Crippen LogP contribution is -2.40. The number of halogens is 1. The summed E-state index contributed by atoms with van der Waals surface area (Å²) in [6.07, 6.45) is 1.72. The van der Waals surface area contributed by atoms with E-state index in [0.29, 0.717) is 17.7 Å². The normalized spacial score (nSPS) is 12.1. The van der Waals surface area contributed by atoms with Gasteiger partial charge in [0.1, 0.15) is 11.5 Å². The summed E-state index contributed by atoms with van der Waals surface area (Å²) in [5.41, 5.74) is 2.26. The molecule has 0 spiro atoms. The molecule has 0 saturated heterocycles. The highest BCUT2D eigenvalue weighted by Gasteiger charge is 2.25. The van der Waals surface area contributed by atoms with Crippen LogP contribution in [0.4, 0.5) is 4.39 Å². The van der Waals surface area contributed by atoms with Crippen molar-refractivity contribution in [3.8, 4) is 11.1 Å². The van der Waals surface area contributed by atoms with Crippen LogP contribution in [0.2, 0.25) is 0 Å². The molecule has 2 heterocycles. The maximum atomic E-state index is 13.3. The van der Waals surface area contributed by atoms with E-state index >= 15 is 0 Å². The Labute approximate surface area is 150 Å². The van der Waals surface area contributed by atoms with E-state index < -0.39 is 11.7 Å². The smallest absolute Gasteiger partial charge is 0.294 e. The van der Waals surface area contributed by atoms with E-state index in [1.165, 1.54) is 19.2 Å². The molecule has 1 amide bonds. The number of methoxy groups -OCH3 is 1. The Hall–Kier alpha value is -2.99. The van der Waals surface area contributed by atoms with Gasteiger partial charge in [0.15, 0.2) is 0 Å². The van der Waals surface area contributed by atoms with Gasteiger partial charge in [-0.25, -0.2) is 4.39 Å². The second-order valence-corrected chi connectivity index (χ2v) is 6.07. The highest BCUT2D eigenvalue weighted by molar-refractivity contribution is 6.43. The molecule has 134 valence electrons. The molecule has 0 aliphatic rings. The molecule has 2 aromatic heterocycles. The van der Waals surface area contributed by atoms with Crippen LogP contribution < -0.4 is 5.32 Å². The molecule has 0 saturated carbocycles. The quantitative estimate of drug-likeness (QED) is 0.547. The van der Waals surface area contributed by atoms with Gasteiger partial charge in [-0.15, -0.1) is 0 Å². The largest absolute Gasteiger partial charge is 0.383 e. The molecule has 0 aliphatic carbocycles. The van der Waals surface area contributed by atoms with Gasteiger partial charge in [-0.1, -0.05) is 18.2 Å². The van der Waals surface area contributed by atoms with Crippen molar-refractivity contribution in [2.45, 2.75) is 13.0 Å². The lowest BCUT2D eigenvalue weighted by molar-refractivity contribution is -0.117. The van der Waals surface area contributed by atoms with Crippen molar-refractivity contribution in [1.29, 1.82) is 0 Å². The Balaban J connectivity index is 2.05. The number of benzene rings is 1. The molecule has 0 aliphatic heterocycles. The SMILES string of the molecule is COC[C@H](C)NC(=O)C(=O)c1c(-c2ccc(F)cc2)cc2ccccn12. The van der Waals surface area contributed by atoms with Gasteiger partial charge in [0.2, 0.25) is 0 Å². The second-order valence-electron chi connectivity index (χ2n) is 6.07. The number of amides is 1. The Bertz CT molecular complexity index is 947. The monoisotopic (exact) mass is 354 g/mol. The lowest BCUT2D eigenvalue weighted by atomic mass is 10.0. The van der Waals surface area contributed by atoms with Gasteiger partial charge in [0.25, 0.3) is 11.7 Å². The van der Waals surface area contributed by atoms with E-state index in [1.807, 2.05) is 18.2 Å². The van der Waals surface area contributed by atoms with Crippen LogP contribution in [0, 0.1) is 5.82 Å². The van der Waals surface area contributed by atoms with Crippen molar-refractivity contribution in [3.05, 3.63) is 66.2 Å². The number of ether oxygens (including phenoxy) is 1. The summed E-state index contributed by atoms with van der Waals surface area (Å²) < 4.78 is 19.9. The first-order valence-electron chi connectivity index (χ1n) is 8.21.